The van der Waals surface area contributed by atoms with Crippen LogP contribution in [0.3, 0.4) is 0 Å². The molecule has 0 saturated heterocycles. The minimum atomic E-state index is -0.765. The number of hydrogen-bond donors (Lipinski definition) is 0. The third-order valence-electron chi connectivity index (χ3n) is 6.01. The zero-order chi connectivity index (χ0) is 18.7. The van der Waals surface area contributed by atoms with E-state index in [0.29, 0.717) is 7.25 Å². The summed E-state index contributed by atoms with van der Waals surface area (Å²) in [5, 5.41) is 0. The van der Waals surface area contributed by atoms with Crippen LogP contribution in [0.5, 0.6) is 0 Å². The first kappa shape index (κ1) is 22.5. The molecular formula is C26H24Cl2Zr. The van der Waals surface area contributed by atoms with Crippen molar-refractivity contribution >= 4 is 6.08 Å². The molecular weight excluding hydrogens is 474 g/mol. The Hall–Kier alpha value is -1.14. The summed E-state index contributed by atoms with van der Waals surface area (Å²) in [6.45, 7) is 8.97. The molecule has 0 aromatic heterocycles. The topological polar surface area (TPSA) is 0 Å². The molecule has 146 valence electrons. The standard InChI is InChI=1S/C15H13.C11H11.2ClH.Zr/c1-10-3-5-14-12(7-10)9-13-8-11(2)4-6-15(13)14;1-8-6-9(2)11-5-3-4-10(11)7-8;;;/h3-9H,1-2H3;3-7H,1-2H3;2*1H;/q;;;;+2/p-2. The molecule has 0 radical (unpaired) electrons. The summed E-state index contributed by atoms with van der Waals surface area (Å²) >= 11 is -0.765. The summed E-state index contributed by atoms with van der Waals surface area (Å²) in [5.74, 6) is 0. The maximum Gasteiger partial charge on any atom is -1.00 e. The van der Waals surface area contributed by atoms with Crippen LogP contribution in [0.25, 0.3) is 17.2 Å². The van der Waals surface area contributed by atoms with Crippen molar-refractivity contribution < 1.29 is 48.0 Å². The molecule has 0 N–H and O–H groups in total. The van der Waals surface area contributed by atoms with Gasteiger partial charge in [0, 0.05) is 0 Å². The predicted molar refractivity (Wildman–Crippen MR) is 111 cm³/mol. The van der Waals surface area contributed by atoms with Gasteiger partial charge in [-0.05, 0) is 0 Å². The smallest absolute Gasteiger partial charge is 1.00 e. The van der Waals surface area contributed by atoms with Gasteiger partial charge in [-0.2, -0.15) is 0 Å². The summed E-state index contributed by atoms with van der Waals surface area (Å²) in [6.07, 6.45) is 4.89. The molecule has 2 aliphatic rings. The zero-order valence-electron chi connectivity index (χ0n) is 17.2. The minimum absolute atomic E-state index is 0. The second-order valence-electron chi connectivity index (χ2n) is 8.20. The van der Waals surface area contributed by atoms with Crippen molar-refractivity contribution in [2.75, 3.05) is 0 Å². The van der Waals surface area contributed by atoms with Crippen molar-refractivity contribution in [3.8, 4) is 11.1 Å². The molecule has 3 heteroatoms. The predicted octanol–water partition coefficient (Wildman–Crippen LogP) is 0.849. The van der Waals surface area contributed by atoms with E-state index in [1.165, 1.54) is 38.9 Å². The average Bonchev–Trinajstić information content (AvgIpc) is 3.15. The van der Waals surface area contributed by atoms with E-state index in [0.717, 1.165) is 0 Å². The molecule has 0 bridgehead atoms. The number of hydrogen-bond acceptors (Lipinski definition) is 0. The maximum atomic E-state index is 2.51. The number of fused-ring (bicyclic) bond motifs is 4. The molecule has 2 aliphatic carbocycles. The first-order valence-corrected chi connectivity index (χ1v) is 12.6. The van der Waals surface area contributed by atoms with E-state index in [1.807, 2.05) is 0 Å². The SMILES string of the molecule is Cc1cc(C)c2c(c1)C=C[CH]2[Zr+2][CH]1c2cc(C)ccc2-c2ccc(C)cc21.[Cl-].[Cl-]. The molecule has 1 unspecified atom stereocenters. The molecule has 0 spiro atoms. The molecule has 0 amide bonds. The second-order valence-corrected chi connectivity index (χ2v) is 12.0. The van der Waals surface area contributed by atoms with Gasteiger partial charge in [0.15, 0.2) is 0 Å². The molecule has 5 rings (SSSR count). The van der Waals surface area contributed by atoms with E-state index in [4.69, 9.17) is 0 Å². The Morgan fingerprint density at radius 1 is 0.690 bits per heavy atom. The van der Waals surface area contributed by atoms with Crippen LogP contribution in [0.2, 0.25) is 0 Å². The number of allylic oxidation sites excluding steroid dienone is 1. The summed E-state index contributed by atoms with van der Waals surface area (Å²) in [6, 6.07) is 18.9. The van der Waals surface area contributed by atoms with Crippen LogP contribution in [0.4, 0.5) is 0 Å². The van der Waals surface area contributed by atoms with Crippen LogP contribution in [0, 0.1) is 27.7 Å². The van der Waals surface area contributed by atoms with Crippen molar-refractivity contribution in [1.29, 1.82) is 0 Å². The molecule has 3 aromatic carbocycles. The van der Waals surface area contributed by atoms with Crippen molar-refractivity contribution in [3.05, 3.63) is 99.1 Å². The van der Waals surface area contributed by atoms with Gasteiger partial charge in [-0.3, -0.25) is 0 Å². The van der Waals surface area contributed by atoms with E-state index in [-0.39, 0.29) is 24.8 Å². The second kappa shape index (κ2) is 8.54. The van der Waals surface area contributed by atoms with E-state index in [1.54, 1.807) is 16.7 Å². The first-order chi connectivity index (χ1) is 13.0. The number of rotatable bonds is 2. The maximum absolute atomic E-state index is 2.51. The molecule has 0 nitrogen and oxygen atoms in total. The molecule has 0 fully saturated rings. The van der Waals surface area contributed by atoms with Gasteiger partial charge in [0.2, 0.25) is 0 Å². The fourth-order valence-electron chi connectivity index (χ4n) is 4.87. The van der Waals surface area contributed by atoms with Gasteiger partial charge in [-0.1, -0.05) is 0 Å². The van der Waals surface area contributed by atoms with Gasteiger partial charge in [0.1, 0.15) is 0 Å². The van der Waals surface area contributed by atoms with Crippen LogP contribution in [0.1, 0.15) is 51.8 Å². The molecule has 0 saturated carbocycles. The molecule has 29 heavy (non-hydrogen) atoms. The van der Waals surface area contributed by atoms with Crippen LogP contribution >= 0.6 is 0 Å². The number of benzene rings is 3. The quantitative estimate of drug-likeness (QED) is 0.492. The Morgan fingerprint density at radius 3 is 1.86 bits per heavy atom. The van der Waals surface area contributed by atoms with Crippen molar-refractivity contribution in [2.24, 2.45) is 0 Å². The molecule has 0 aliphatic heterocycles. The summed E-state index contributed by atoms with van der Waals surface area (Å²) in [5.41, 5.74) is 14.8. The van der Waals surface area contributed by atoms with Gasteiger partial charge >= 0.3 is 174 Å². The van der Waals surface area contributed by atoms with Gasteiger partial charge < -0.3 is 24.8 Å². The van der Waals surface area contributed by atoms with Gasteiger partial charge in [0.25, 0.3) is 0 Å². The van der Waals surface area contributed by atoms with E-state index >= 15 is 0 Å². The van der Waals surface area contributed by atoms with Crippen molar-refractivity contribution in [3.63, 3.8) is 0 Å². The van der Waals surface area contributed by atoms with Gasteiger partial charge in [-0.15, -0.1) is 0 Å². The first-order valence-electron chi connectivity index (χ1n) is 9.78. The van der Waals surface area contributed by atoms with E-state index < -0.39 is 23.2 Å². The van der Waals surface area contributed by atoms with Gasteiger partial charge in [-0.25, -0.2) is 0 Å². The summed E-state index contributed by atoms with van der Waals surface area (Å²) in [4.78, 5) is 0. The van der Waals surface area contributed by atoms with E-state index in [2.05, 4.69) is 88.4 Å². The Labute approximate surface area is 198 Å². The molecule has 0 heterocycles. The largest absolute Gasteiger partial charge is 1.00 e. The third kappa shape index (κ3) is 3.83. The molecule has 3 aromatic rings. The van der Waals surface area contributed by atoms with Crippen molar-refractivity contribution in [1.82, 2.24) is 0 Å². The monoisotopic (exact) mass is 496 g/mol. The van der Waals surface area contributed by atoms with Crippen LogP contribution < -0.4 is 24.8 Å². The summed E-state index contributed by atoms with van der Waals surface area (Å²) in [7, 11) is 0. The average molecular weight is 499 g/mol. The Bertz CT molecular complexity index is 1060. The normalized spacial score (nSPS) is 15.7. The van der Waals surface area contributed by atoms with Crippen LogP contribution in [-0.4, -0.2) is 0 Å². The fraction of sp³-hybridized carbons (Fsp3) is 0.231. The van der Waals surface area contributed by atoms with E-state index in [9.17, 15) is 0 Å². The molecule has 1 atom stereocenters. The van der Waals surface area contributed by atoms with Crippen LogP contribution in [-0.2, 0) is 23.2 Å². The third-order valence-corrected chi connectivity index (χ3v) is 10.4. The Kier molecular flexibility index (Phi) is 6.64. The number of halogens is 2. The Morgan fingerprint density at radius 2 is 1.28 bits per heavy atom. The summed E-state index contributed by atoms with van der Waals surface area (Å²) < 4.78 is 1.33. The Balaban J connectivity index is 0.00000120. The van der Waals surface area contributed by atoms with Crippen molar-refractivity contribution in [2.45, 2.75) is 34.9 Å². The minimum Gasteiger partial charge on any atom is -1.00 e. The van der Waals surface area contributed by atoms with Crippen LogP contribution in [0.15, 0.2) is 54.6 Å². The zero-order valence-corrected chi connectivity index (χ0v) is 21.2. The fourth-order valence-corrected chi connectivity index (χ4v) is 9.70. The van der Waals surface area contributed by atoms with Gasteiger partial charge in [0.05, 0.1) is 0 Å². The number of aryl methyl sites for hydroxylation is 4.